The van der Waals surface area contributed by atoms with Gasteiger partial charge in [-0.3, -0.25) is 4.79 Å². The molecule has 5 nitrogen and oxygen atoms in total. The third kappa shape index (κ3) is 3.53. The number of methoxy groups -OCH3 is 1. The highest BCUT2D eigenvalue weighted by Crippen LogP contribution is 2.49. The smallest absolute Gasteiger partial charge is 0.336 e. The van der Waals surface area contributed by atoms with Gasteiger partial charge in [0.05, 0.1) is 24.3 Å². The van der Waals surface area contributed by atoms with Crippen molar-refractivity contribution in [1.29, 1.82) is 0 Å². The minimum atomic E-state index is -0.569. The Labute approximate surface area is 220 Å². The molecule has 3 aromatic carbocycles. The van der Waals surface area contributed by atoms with Crippen LogP contribution in [0.25, 0.3) is 16.6 Å². The summed E-state index contributed by atoms with van der Waals surface area (Å²) in [5.41, 5.74) is 8.09. The number of ketones is 1. The first-order valence-electron chi connectivity index (χ1n) is 12.2. The zero-order valence-electron chi connectivity index (χ0n) is 20.8. The van der Waals surface area contributed by atoms with Crippen LogP contribution >= 0.6 is 11.6 Å². The van der Waals surface area contributed by atoms with Gasteiger partial charge in [0.15, 0.2) is 5.78 Å². The van der Waals surface area contributed by atoms with Gasteiger partial charge >= 0.3 is 5.97 Å². The highest BCUT2D eigenvalue weighted by Gasteiger charge is 2.44. The lowest BCUT2D eigenvalue weighted by Gasteiger charge is -2.29. The van der Waals surface area contributed by atoms with Crippen molar-refractivity contribution in [2.45, 2.75) is 26.3 Å². The zero-order chi connectivity index (χ0) is 25.8. The summed E-state index contributed by atoms with van der Waals surface area (Å²) in [6.45, 7) is 4.56. The number of nitrogens with one attached hydrogen (secondary N) is 1. The molecule has 1 N–H and O–H groups in total. The molecule has 6 rings (SSSR count). The Morgan fingerprint density at radius 3 is 2.38 bits per heavy atom. The standard InChI is InChI=1S/C31H25ClN2O3/c1-17-25(31(36)37-3)27(28-29(33-17)21-8-4-5-9-22(21)30(28)35)26-18(2)34(24-11-7-6-10-23(24)26)16-19-12-14-20(32)15-13-19/h4-15,27,33H,16H2,1-3H3/t27-/m0/s1. The van der Waals surface area contributed by atoms with Gasteiger partial charge in [-0.1, -0.05) is 66.2 Å². The number of allylic oxidation sites excluding steroid dienone is 2. The van der Waals surface area contributed by atoms with Gasteiger partial charge in [0.2, 0.25) is 0 Å². The number of ether oxygens (including phenoxy) is 1. The third-order valence-corrected chi connectivity index (χ3v) is 7.73. The number of para-hydroxylation sites is 1. The molecule has 0 saturated heterocycles. The fourth-order valence-electron chi connectivity index (χ4n) is 5.80. The Morgan fingerprint density at radius 1 is 0.973 bits per heavy atom. The van der Waals surface area contributed by atoms with Crippen LogP contribution in [-0.4, -0.2) is 23.4 Å². The van der Waals surface area contributed by atoms with Crippen molar-refractivity contribution < 1.29 is 14.3 Å². The van der Waals surface area contributed by atoms with Gasteiger partial charge in [0.1, 0.15) is 0 Å². The van der Waals surface area contributed by atoms with Crippen molar-refractivity contribution in [3.8, 4) is 0 Å². The van der Waals surface area contributed by atoms with Crippen molar-refractivity contribution in [2.24, 2.45) is 0 Å². The lowest BCUT2D eigenvalue weighted by molar-refractivity contribution is -0.136. The van der Waals surface area contributed by atoms with E-state index in [0.29, 0.717) is 34.0 Å². The van der Waals surface area contributed by atoms with Crippen molar-refractivity contribution >= 4 is 40.0 Å². The molecule has 6 heteroatoms. The molecule has 4 aromatic rings. The normalized spacial score (nSPS) is 16.6. The number of carbonyl (C=O) groups excluding carboxylic acids is 2. The van der Waals surface area contributed by atoms with Crippen LogP contribution in [0.3, 0.4) is 0 Å². The summed E-state index contributed by atoms with van der Waals surface area (Å²) in [7, 11) is 1.38. The van der Waals surface area contributed by atoms with Crippen molar-refractivity contribution in [3.05, 3.63) is 123 Å². The van der Waals surface area contributed by atoms with Crippen LogP contribution in [0, 0.1) is 6.92 Å². The predicted octanol–water partition coefficient (Wildman–Crippen LogP) is 6.39. The van der Waals surface area contributed by atoms with Crippen molar-refractivity contribution in [1.82, 2.24) is 9.88 Å². The maximum atomic E-state index is 13.9. The van der Waals surface area contributed by atoms with E-state index in [0.717, 1.165) is 39.0 Å². The average Bonchev–Trinajstić information content (AvgIpc) is 3.35. The summed E-state index contributed by atoms with van der Waals surface area (Å²) >= 11 is 6.12. The number of carbonyl (C=O) groups is 2. The summed E-state index contributed by atoms with van der Waals surface area (Å²) < 4.78 is 7.49. The van der Waals surface area contributed by atoms with Gasteiger partial charge in [-0.2, -0.15) is 0 Å². The van der Waals surface area contributed by atoms with Crippen LogP contribution in [0.15, 0.2) is 89.6 Å². The molecule has 0 spiro atoms. The second-order valence-corrected chi connectivity index (χ2v) is 9.92. The van der Waals surface area contributed by atoms with Crippen LogP contribution in [0.1, 0.15) is 45.6 Å². The lowest BCUT2D eigenvalue weighted by atomic mass is 9.78. The van der Waals surface area contributed by atoms with Crippen LogP contribution in [0.5, 0.6) is 0 Å². The van der Waals surface area contributed by atoms with Crippen LogP contribution in [0.4, 0.5) is 0 Å². The topological polar surface area (TPSA) is 60.3 Å². The Balaban J connectivity index is 1.62. The molecule has 1 aliphatic carbocycles. The molecule has 0 saturated carbocycles. The Hall–Kier alpha value is -4.09. The number of esters is 1. The monoisotopic (exact) mass is 508 g/mol. The number of hydrogen-bond acceptors (Lipinski definition) is 4. The summed E-state index contributed by atoms with van der Waals surface area (Å²) in [4.78, 5) is 27.1. The molecule has 2 heterocycles. The lowest BCUT2D eigenvalue weighted by Crippen LogP contribution is -2.29. The number of dihydropyridines is 1. The van der Waals surface area contributed by atoms with Gasteiger partial charge in [-0.05, 0) is 43.2 Å². The number of Topliss-reactive ketones (excluding diaryl/α,β-unsaturated/α-hetero) is 1. The maximum Gasteiger partial charge on any atom is 0.336 e. The summed E-state index contributed by atoms with van der Waals surface area (Å²) in [6.07, 6.45) is 0. The zero-order valence-corrected chi connectivity index (χ0v) is 21.5. The highest BCUT2D eigenvalue weighted by atomic mass is 35.5. The molecule has 0 radical (unpaired) electrons. The minimum absolute atomic E-state index is 0.0639. The molecular weight excluding hydrogens is 484 g/mol. The number of aromatic nitrogens is 1. The van der Waals surface area contributed by atoms with E-state index >= 15 is 0 Å². The van der Waals surface area contributed by atoms with Crippen LogP contribution in [-0.2, 0) is 16.1 Å². The minimum Gasteiger partial charge on any atom is -0.466 e. The van der Waals surface area contributed by atoms with E-state index in [9.17, 15) is 9.59 Å². The Morgan fingerprint density at radius 2 is 1.65 bits per heavy atom. The van der Waals surface area contributed by atoms with Gasteiger partial charge in [0, 0.05) is 50.6 Å². The first-order valence-corrected chi connectivity index (χ1v) is 12.5. The average molecular weight is 509 g/mol. The molecule has 0 unspecified atom stereocenters. The molecule has 1 aliphatic heterocycles. The summed E-state index contributed by atoms with van der Waals surface area (Å²) in [6, 6.07) is 23.6. The van der Waals surface area contributed by atoms with E-state index in [1.807, 2.05) is 67.6 Å². The fraction of sp³-hybridized carbons (Fsp3) is 0.161. The maximum absolute atomic E-state index is 13.9. The first-order chi connectivity index (χ1) is 17.9. The second-order valence-electron chi connectivity index (χ2n) is 9.48. The fourth-order valence-corrected chi connectivity index (χ4v) is 5.92. The first kappa shape index (κ1) is 23.3. The molecular formula is C31H25ClN2O3. The van der Waals surface area contributed by atoms with E-state index in [-0.39, 0.29) is 5.78 Å². The number of rotatable bonds is 4. The number of hydrogen-bond donors (Lipinski definition) is 1. The summed E-state index contributed by atoms with van der Waals surface area (Å²) in [5.74, 6) is -1.08. The van der Waals surface area contributed by atoms with Crippen molar-refractivity contribution in [3.63, 3.8) is 0 Å². The largest absolute Gasteiger partial charge is 0.466 e. The van der Waals surface area contributed by atoms with Gasteiger partial charge in [-0.25, -0.2) is 4.79 Å². The van der Waals surface area contributed by atoms with Gasteiger partial charge in [0.25, 0.3) is 0 Å². The molecule has 0 amide bonds. The highest BCUT2D eigenvalue weighted by molar-refractivity contribution is 6.30. The van der Waals surface area contributed by atoms with E-state index in [1.165, 1.54) is 7.11 Å². The molecule has 2 aliphatic rings. The molecule has 0 bridgehead atoms. The van der Waals surface area contributed by atoms with Gasteiger partial charge < -0.3 is 14.6 Å². The van der Waals surface area contributed by atoms with Crippen LogP contribution in [0.2, 0.25) is 5.02 Å². The summed E-state index contributed by atoms with van der Waals surface area (Å²) in [5, 5.41) is 5.06. The number of fused-ring (bicyclic) bond motifs is 3. The number of benzene rings is 3. The van der Waals surface area contributed by atoms with E-state index < -0.39 is 11.9 Å². The number of halogens is 1. The van der Waals surface area contributed by atoms with E-state index in [1.54, 1.807) is 0 Å². The quantitative estimate of drug-likeness (QED) is 0.324. The van der Waals surface area contributed by atoms with E-state index in [2.05, 4.69) is 28.9 Å². The molecule has 184 valence electrons. The van der Waals surface area contributed by atoms with Crippen molar-refractivity contribution in [2.75, 3.05) is 7.11 Å². The van der Waals surface area contributed by atoms with E-state index in [4.69, 9.17) is 16.3 Å². The molecule has 0 fully saturated rings. The Kier molecular flexibility index (Phi) is 5.54. The second kappa shape index (κ2) is 8.79. The number of nitrogens with zero attached hydrogens (tertiary/aromatic N) is 1. The molecule has 37 heavy (non-hydrogen) atoms. The molecule has 1 aromatic heterocycles. The predicted molar refractivity (Wildman–Crippen MR) is 146 cm³/mol. The van der Waals surface area contributed by atoms with Gasteiger partial charge in [-0.15, -0.1) is 0 Å². The molecule has 1 atom stereocenters. The van der Waals surface area contributed by atoms with Crippen LogP contribution < -0.4 is 5.32 Å². The third-order valence-electron chi connectivity index (χ3n) is 7.48. The Bertz CT molecular complexity index is 1670. The SMILES string of the molecule is COC(=O)C1=C(C)NC2=C(C(=O)c3ccccc32)[C@@H]1c1c(C)n(Cc2ccc(Cl)cc2)c2ccccc12.